The molecule has 0 saturated carbocycles. The van der Waals surface area contributed by atoms with Gasteiger partial charge < -0.3 is 15.4 Å². The molecule has 2 N–H and O–H groups in total. The molecule has 1 aromatic rings. The molecule has 0 spiro atoms. The van der Waals surface area contributed by atoms with Crippen LogP contribution in [0.2, 0.25) is 0 Å². The highest BCUT2D eigenvalue weighted by atomic mass is 19.1. The summed E-state index contributed by atoms with van der Waals surface area (Å²) in [7, 11) is 0. The first kappa shape index (κ1) is 16.7. The fraction of sp³-hybridized carbons (Fsp3) is 0.588. The van der Waals surface area contributed by atoms with E-state index in [9.17, 15) is 9.18 Å². The Labute approximate surface area is 131 Å². The van der Waals surface area contributed by atoms with Gasteiger partial charge in [0.2, 0.25) is 0 Å². The highest BCUT2D eigenvalue weighted by molar-refractivity contribution is 5.69. The fourth-order valence-corrected chi connectivity index (χ4v) is 2.66. The molecule has 2 atom stereocenters. The number of hydrogen-bond acceptors (Lipinski definition) is 3. The Balaban J connectivity index is 2.26. The lowest BCUT2D eigenvalue weighted by atomic mass is 9.92. The van der Waals surface area contributed by atoms with Gasteiger partial charge in [-0.25, -0.2) is 9.18 Å². The molecule has 22 heavy (non-hydrogen) atoms. The predicted octanol–water partition coefficient (Wildman–Crippen LogP) is 3.53. The number of nitrogens with two attached hydrogens (primary N) is 1. The van der Waals surface area contributed by atoms with Crippen molar-refractivity contribution < 1.29 is 13.9 Å². The average molecular weight is 308 g/mol. The maximum atomic E-state index is 13.9. The number of halogens is 1. The number of aryl methyl sites for hydroxylation is 1. The third kappa shape index (κ3) is 3.97. The fourth-order valence-electron chi connectivity index (χ4n) is 2.66. The normalized spacial score (nSPS) is 22.5. The van der Waals surface area contributed by atoms with Crippen LogP contribution in [0.4, 0.5) is 9.18 Å². The second-order valence-electron chi connectivity index (χ2n) is 6.98. The Kier molecular flexibility index (Phi) is 4.75. The molecule has 1 aliphatic heterocycles. The Morgan fingerprint density at radius 3 is 2.68 bits per heavy atom. The second-order valence-corrected chi connectivity index (χ2v) is 6.98. The largest absolute Gasteiger partial charge is 0.444 e. The Hall–Kier alpha value is -1.62. The summed E-state index contributed by atoms with van der Waals surface area (Å²) in [5.41, 5.74) is 6.85. The van der Waals surface area contributed by atoms with Crippen molar-refractivity contribution in [2.45, 2.75) is 58.2 Å². The molecule has 0 aromatic heterocycles. The van der Waals surface area contributed by atoms with Crippen LogP contribution in [0.3, 0.4) is 0 Å². The van der Waals surface area contributed by atoms with Crippen LogP contribution < -0.4 is 5.73 Å². The first-order chi connectivity index (χ1) is 10.2. The molecule has 4 nitrogen and oxygen atoms in total. The summed E-state index contributed by atoms with van der Waals surface area (Å²) in [6.45, 7) is 7.75. The van der Waals surface area contributed by atoms with Crippen molar-refractivity contribution in [2.24, 2.45) is 5.73 Å². The van der Waals surface area contributed by atoms with E-state index in [4.69, 9.17) is 10.5 Å². The topological polar surface area (TPSA) is 55.6 Å². The van der Waals surface area contributed by atoms with Gasteiger partial charge in [0.1, 0.15) is 11.4 Å². The molecule has 1 fully saturated rings. The van der Waals surface area contributed by atoms with Gasteiger partial charge in [-0.15, -0.1) is 0 Å². The number of amides is 1. The van der Waals surface area contributed by atoms with Gasteiger partial charge in [0.05, 0.1) is 6.04 Å². The molecule has 1 aliphatic rings. The van der Waals surface area contributed by atoms with E-state index in [0.29, 0.717) is 18.5 Å². The Bertz CT molecular complexity index is 554. The molecule has 2 rings (SSSR count). The van der Waals surface area contributed by atoms with Crippen LogP contribution in [0, 0.1) is 12.7 Å². The van der Waals surface area contributed by atoms with E-state index in [1.165, 1.54) is 6.07 Å². The van der Waals surface area contributed by atoms with Crippen molar-refractivity contribution in [3.05, 3.63) is 35.1 Å². The summed E-state index contributed by atoms with van der Waals surface area (Å²) < 4.78 is 19.3. The standard InChI is InChI=1S/C17H25FN2O2/c1-11-5-6-12(9-14(11)18)15-10-13(19)7-8-20(15)16(21)22-17(2,3)4/h5-6,9,13,15H,7-8,10,19H2,1-4H3. The van der Waals surface area contributed by atoms with Crippen LogP contribution in [0.25, 0.3) is 0 Å². The smallest absolute Gasteiger partial charge is 0.410 e. The molecule has 1 amide bonds. The first-order valence-electron chi connectivity index (χ1n) is 7.68. The lowest BCUT2D eigenvalue weighted by Gasteiger charge is -2.39. The van der Waals surface area contributed by atoms with Crippen LogP contribution in [-0.2, 0) is 4.74 Å². The van der Waals surface area contributed by atoms with Gasteiger partial charge in [0.25, 0.3) is 0 Å². The molecule has 0 radical (unpaired) electrons. The van der Waals surface area contributed by atoms with Crippen LogP contribution in [-0.4, -0.2) is 29.2 Å². The SMILES string of the molecule is Cc1ccc(C2CC(N)CCN2C(=O)OC(C)(C)C)cc1F. The van der Waals surface area contributed by atoms with Crippen LogP contribution in [0.1, 0.15) is 50.8 Å². The molecule has 2 unspecified atom stereocenters. The summed E-state index contributed by atoms with van der Waals surface area (Å²) in [6.07, 6.45) is 0.969. The van der Waals surface area contributed by atoms with Gasteiger partial charge in [-0.2, -0.15) is 0 Å². The molecular formula is C17H25FN2O2. The number of carbonyl (C=O) groups excluding carboxylic acids is 1. The number of likely N-dealkylation sites (tertiary alicyclic amines) is 1. The summed E-state index contributed by atoms with van der Waals surface area (Å²) in [6, 6.07) is 4.85. The second kappa shape index (κ2) is 6.24. The summed E-state index contributed by atoms with van der Waals surface area (Å²) in [5, 5.41) is 0. The third-order valence-corrected chi connectivity index (χ3v) is 3.85. The van der Waals surface area contributed by atoms with Crippen LogP contribution >= 0.6 is 0 Å². The van der Waals surface area contributed by atoms with Crippen molar-refractivity contribution in [2.75, 3.05) is 6.54 Å². The number of carbonyl (C=O) groups is 1. The van der Waals surface area contributed by atoms with Gasteiger partial charge in [0, 0.05) is 12.6 Å². The minimum absolute atomic E-state index is 0.00745. The number of piperidine rings is 1. The van der Waals surface area contributed by atoms with E-state index in [1.807, 2.05) is 26.8 Å². The zero-order chi connectivity index (χ0) is 16.5. The van der Waals surface area contributed by atoms with E-state index >= 15 is 0 Å². The van der Waals surface area contributed by atoms with Gasteiger partial charge in [-0.3, -0.25) is 0 Å². The molecule has 1 heterocycles. The van der Waals surface area contributed by atoms with Crippen LogP contribution in [0.5, 0.6) is 0 Å². The van der Waals surface area contributed by atoms with E-state index in [2.05, 4.69) is 0 Å². The number of rotatable bonds is 1. The summed E-state index contributed by atoms with van der Waals surface area (Å²) in [4.78, 5) is 14.1. The zero-order valence-electron chi connectivity index (χ0n) is 13.7. The monoisotopic (exact) mass is 308 g/mol. The molecule has 1 saturated heterocycles. The van der Waals surface area contributed by atoms with Gasteiger partial charge in [0.15, 0.2) is 0 Å². The van der Waals surface area contributed by atoms with Crippen molar-refractivity contribution in [1.29, 1.82) is 0 Å². The van der Waals surface area contributed by atoms with E-state index < -0.39 is 5.60 Å². The van der Waals surface area contributed by atoms with E-state index in [1.54, 1.807) is 17.9 Å². The van der Waals surface area contributed by atoms with Gasteiger partial charge >= 0.3 is 6.09 Å². The Morgan fingerprint density at radius 1 is 1.41 bits per heavy atom. The molecule has 122 valence electrons. The minimum atomic E-state index is -0.556. The number of nitrogens with zero attached hydrogens (tertiary/aromatic N) is 1. The highest BCUT2D eigenvalue weighted by Crippen LogP contribution is 2.32. The maximum absolute atomic E-state index is 13.9. The summed E-state index contributed by atoms with van der Waals surface area (Å²) in [5.74, 6) is -0.263. The van der Waals surface area contributed by atoms with Crippen molar-refractivity contribution >= 4 is 6.09 Å². The average Bonchev–Trinajstić information content (AvgIpc) is 2.39. The lowest BCUT2D eigenvalue weighted by Crippen LogP contribution is -2.46. The number of hydrogen-bond donors (Lipinski definition) is 1. The molecule has 0 aliphatic carbocycles. The van der Waals surface area contributed by atoms with Crippen LogP contribution in [0.15, 0.2) is 18.2 Å². The quantitative estimate of drug-likeness (QED) is 0.863. The lowest BCUT2D eigenvalue weighted by molar-refractivity contribution is 0.00793. The third-order valence-electron chi connectivity index (χ3n) is 3.85. The predicted molar refractivity (Wildman–Crippen MR) is 84.0 cm³/mol. The molecule has 0 bridgehead atoms. The van der Waals surface area contributed by atoms with Crippen molar-refractivity contribution in [3.63, 3.8) is 0 Å². The van der Waals surface area contributed by atoms with E-state index in [-0.39, 0.29) is 24.0 Å². The summed E-state index contributed by atoms with van der Waals surface area (Å²) >= 11 is 0. The number of benzene rings is 1. The molecule has 1 aromatic carbocycles. The van der Waals surface area contributed by atoms with Crippen molar-refractivity contribution in [3.8, 4) is 0 Å². The van der Waals surface area contributed by atoms with Gasteiger partial charge in [-0.05, 0) is 57.7 Å². The molecular weight excluding hydrogens is 283 g/mol. The minimum Gasteiger partial charge on any atom is -0.444 e. The number of ether oxygens (including phenoxy) is 1. The molecule has 5 heteroatoms. The van der Waals surface area contributed by atoms with Gasteiger partial charge in [-0.1, -0.05) is 12.1 Å². The highest BCUT2D eigenvalue weighted by Gasteiger charge is 2.34. The van der Waals surface area contributed by atoms with Crippen molar-refractivity contribution in [1.82, 2.24) is 4.90 Å². The Morgan fingerprint density at radius 2 is 2.09 bits per heavy atom. The first-order valence-corrected chi connectivity index (χ1v) is 7.68. The van der Waals surface area contributed by atoms with E-state index in [0.717, 1.165) is 12.0 Å². The maximum Gasteiger partial charge on any atom is 0.410 e. The zero-order valence-corrected chi connectivity index (χ0v) is 13.7.